The van der Waals surface area contributed by atoms with Crippen LogP contribution < -0.4 is 0 Å². The number of hydrogen-bond acceptors (Lipinski definition) is 0. The van der Waals surface area contributed by atoms with Gasteiger partial charge in [0.1, 0.15) is 0 Å². The number of fused-ring (bicyclic) bond motifs is 8. The molecule has 0 saturated carbocycles. The molecule has 1 aliphatic heterocycles. The van der Waals surface area contributed by atoms with E-state index in [1.165, 1.54) is 44.8 Å². The Labute approximate surface area is 280 Å². The molecule has 48 heavy (non-hydrogen) atoms. The molecule has 0 fully saturated rings. The summed E-state index contributed by atoms with van der Waals surface area (Å²) < 4.78 is 0. The van der Waals surface area contributed by atoms with Crippen LogP contribution in [0.1, 0.15) is 91.2 Å². The standard InChI is InChI=1S/C44H36N4/c1-5-13-29(14-6-1)41-33-25-39(45-27-33)44(32-19-11-4-12-20-32)38-24-22-36(48-38)42(30-15-7-2-8-16-30)34-26-40(46-28-34)43(31-17-9-3-10-18-31)37-23-21-35(41)47-37/h1-28,41-48H. The Hall–Kier alpha value is -6.00. The van der Waals surface area contributed by atoms with Crippen LogP contribution in [-0.2, 0) is 0 Å². The summed E-state index contributed by atoms with van der Waals surface area (Å²) in [4.78, 5) is 15.3. The van der Waals surface area contributed by atoms with E-state index >= 15 is 0 Å². The number of nitrogens with one attached hydrogen (secondary N) is 4. The van der Waals surface area contributed by atoms with Gasteiger partial charge in [-0.05, 0) is 69.8 Å². The van der Waals surface area contributed by atoms with Crippen LogP contribution in [0.15, 0.2) is 170 Å². The highest BCUT2D eigenvalue weighted by molar-refractivity contribution is 5.50. The topological polar surface area (TPSA) is 63.2 Å². The van der Waals surface area contributed by atoms with E-state index < -0.39 is 0 Å². The monoisotopic (exact) mass is 620 g/mol. The van der Waals surface area contributed by atoms with E-state index in [1.54, 1.807) is 0 Å². The molecule has 4 nitrogen and oxygen atoms in total. The van der Waals surface area contributed by atoms with Crippen LogP contribution in [0.2, 0.25) is 0 Å². The minimum absolute atomic E-state index is 0.0119. The predicted molar refractivity (Wildman–Crippen MR) is 193 cm³/mol. The van der Waals surface area contributed by atoms with Crippen LogP contribution in [0.5, 0.6) is 0 Å². The third-order valence-electron chi connectivity index (χ3n) is 9.98. The van der Waals surface area contributed by atoms with Crippen LogP contribution in [0.3, 0.4) is 0 Å². The average molecular weight is 621 g/mol. The van der Waals surface area contributed by atoms with Gasteiger partial charge in [0.2, 0.25) is 0 Å². The summed E-state index contributed by atoms with van der Waals surface area (Å²) in [7, 11) is 0. The van der Waals surface area contributed by atoms with Gasteiger partial charge in [0, 0.05) is 46.6 Å². The molecule has 4 N–H and O–H groups in total. The summed E-state index contributed by atoms with van der Waals surface area (Å²) in [6.07, 6.45) is 4.40. The van der Waals surface area contributed by atoms with Crippen molar-refractivity contribution in [3.63, 3.8) is 0 Å². The maximum absolute atomic E-state index is 3.94. The van der Waals surface area contributed by atoms with Crippen LogP contribution in [-0.4, -0.2) is 19.9 Å². The predicted octanol–water partition coefficient (Wildman–Crippen LogP) is 10.0. The summed E-state index contributed by atoms with van der Waals surface area (Å²) in [6.45, 7) is 0. The first-order chi connectivity index (χ1) is 23.8. The van der Waals surface area contributed by atoms with Gasteiger partial charge in [0.05, 0.1) is 23.7 Å². The molecule has 4 aromatic carbocycles. The lowest BCUT2D eigenvalue weighted by Gasteiger charge is -2.19. The van der Waals surface area contributed by atoms with Crippen LogP contribution in [0.25, 0.3) is 0 Å². The number of rotatable bonds is 4. The molecule has 1 aliphatic rings. The second-order valence-electron chi connectivity index (χ2n) is 12.9. The van der Waals surface area contributed by atoms with Crippen LogP contribution >= 0.6 is 0 Å². The second-order valence-corrected chi connectivity index (χ2v) is 12.9. The Bertz CT molecular complexity index is 1850. The van der Waals surface area contributed by atoms with Crippen LogP contribution in [0, 0.1) is 0 Å². The summed E-state index contributed by atoms with van der Waals surface area (Å²) in [5.41, 5.74) is 14.4. The number of H-pyrrole nitrogens is 4. The maximum atomic E-state index is 3.94. The highest BCUT2D eigenvalue weighted by atomic mass is 14.8. The first-order valence-corrected chi connectivity index (χ1v) is 16.7. The second kappa shape index (κ2) is 12.0. The molecule has 0 spiro atoms. The lowest BCUT2D eigenvalue weighted by atomic mass is 9.88. The molecule has 4 heteroatoms. The van der Waals surface area contributed by atoms with E-state index in [-0.39, 0.29) is 23.7 Å². The van der Waals surface area contributed by atoms with Crippen molar-refractivity contribution in [3.05, 3.63) is 238 Å². The fourth-order valence-corrected chi connectivity index (χ4v) is 7.80. The quantitative estimate of drug-likeness (QED) is 0.151. The molecule has 9 rings (SSSR count). The molecule has 0 aliphatic carbocycles. The van der Waals surface area contributed by atoms with E-state index in [0.29, 0.717) is 0 Å². The van der Waals surface area contributed by atoms with Gasteiger partial charge >= 0.3 is 0 Å². The van der Waals surface area contributed by atoms with Crippen molar-refractivity contribution >= 4 is 0 Å². The molecule has 5 heterocycles. The zero-order valence-electron chi connectivity index (χ0n) is 26.5. The molecule has 8 bridgehead atoms. The average Bonchev–Trinajstić information content (AvgIpc) is 3.98. The normalized spacial score (nSPS) is 18.8. The smallest absolute Gasteiger partial charge is 0.0641 e. The van der Waals surface area contributed by atoms with Crippen molar-refractivity contribution in [1.29, 1.82) is 0 Å². The molecular weight excluding hydrogens is 585 g/mol. The Morgan fingerprint density at radius 3 is 0.896 bits per heavy atom. The maximum Gasteiger partial charge on any atom is 0.0641 e. The summed E-state index contributed by atoms with van der Waals surface area (Å²) in [5.74, 6) is 0.0916. The van der Waals surface area contributed by atoms with Gasteiger partial charge in [-0.2, -0.15) is 0 Å². The highest BCUT2D eigenvalue weighted by Gasteiger charge is 2.29. The van der Waals surface area contributed by atoms with Gasteiger partial charge in [-0.1, -0.05) is 121 Å². The van der Waals surface area contributed by atoms with E-state index in [0.717, 1.165) is 22.8 Å². The number of aromatic amines is 4. The zero-order chi connectivity index (χ0) is 31.9. The van der Waals surface area contributed by atoms with Gasteiger partial charge in [0.15, 0.2) is 0 Å². The van der Waals surface area contributed by atoms with Crippen molar-refractivity contribution in [1.82, 2.24) is 19.9 Å². The number of aromatic nitrogens is 4. The van der Waals surface area contributed by atoms with Gasteiger partial charge < -0.3 is 19.9 Å². The van der Waals surface area contributed by atoms with E-state index in [9.17, 15) is 0 Å². The molecule has 232 valence electrons. The highest BCUT2D eigenvalue weighted by Crippen LogP contribution is 2.41. The molecular formula is C44H36N4. The van der Waals surface area contributed by atoms with Crippen molar-refractivity contribution in [3.8, 4) is 0 Å². The third-order valence-corrected chi connectivity index (χ3v) is 9.98. The molecule has 8 aromatic rings. The van der Waals surface area contributed by atoms with E-state index in [1.807, 2.05) is 0 Å². The van der Waals surface area contributed by atoms with E-state index in [4.69, 9.17) is 0 Å². The van der Waals surface area contributed by atoms with Crippen molar-refractivity contribution in [2.24, 2.45) is 0 Å². The zero-order valence-corrected chi connectivity index (χ0v) is 26.5. The first kappa shape index (κ1) is 28.2. The van der Waals surface area contributed by atoms with Crippen molar-refractivity contribution < 1.29 is 0 Å². The Kier molecular flexibility index (Phi) is 7.05. The van der Waals surface area contributed by atoms with Crippen LogP contribution in [0.4, 0.5) is 0 Å². The molecule has 0 radical (unpaired) electrons. The fraction of sp³-hybridized carbons (Fsp3) is 0.0909. The first-order valence-electron chi connectivity index (χ1n) is 16.7. The molecule has 4 unspecified atom stereocenters. The Morgan fingerprint density at radius 2 is 0.562 bits per heavy atom. The van der Waals surface area contributed by atoms with Gasteiger partial charge in [0.25, 0.3) is 0 Å². The minimum Gasteiger partial charge on any atom is -0.364 e. The SMILES string of the molecule is c1ccc(C2c3c[nH]c(c3)C(c3ccccc3)c3ccc([nH]3)C(c3ccccc3)c3c[nH]c(c3)C(c3ccccc3)c3ccc2[nH]3)cc1. The van der Waals surface area contributed by atoms with E-state index in [2.05, 4.69) is 190 Å². The summed E-state index contributed by atoms with van der Waals surface area (Å²) >= 11 is 0. The van der Waals surface area contributed by atoms with Gasteiger partial charge in [-0.25, -0.2) is 0 Å². The fourth-order valence-electron chi connectivity index (χ4n) is 7.80. The Balaban J connectivity index is 1.30. The van der Waals surface area contributed by atoms with Crippen molar-refractivity contribution in [2.45, 2.75) is 23.7 Å². The Morgan fingerprint density at radius 1 is 0.271 bits per heavy atom. The van der Waals surface area contributed by atoms with Crippen molar-refractivity contribution in [2.75, 3.05) is 0 Å². The lowest BCUT2D eigenvalue weighted by molar-refractivity contribution is 0.857. The van der Waals surface area contributed by atoms with Gasteiger partial charge in [-0.3, -0.25) is 0 Å². The minimum atomic E-state index is 0.0119. The summed E-state index contributed by atoms with van der Waals surface area (Å²) in [5, 5.41) is 0. The molecule has 0 amide bonds. The number of benzene rings is 4. The summed E-state index contributed by atoms with van der Waals surface area (Å²) in [6, 6.07) is 57.1. The molecule has 4 atom stereocenters. The molecule has 0 saturated heterocycles. The lowest BCUT2D eigenvalue weighted by Crippen LogP contribution is -2.08. The number of hydrogen-bond donors (Lipinski definition) is 4. The largest absolute Gasteiger partial charge is 0.364 e. The van der Waals surface area contributed by atoms with Gasteiger partial charge in [-0.15, -0.1) is 0 Å². The third kappa shape index (κ3) is 5.03. The molecule has 4 aromatic heterocycles.